The summed E-state index contributed by atoms with van der Waals surface area (Å²) >= 11 is 0. The minimum atomic E-state index is -0.927. The van der Waals surface area contributed by atoms with Gasteiger partial charge in [-0.25, -0.2) is 4.79 Å². The van der Waals surface area contributed by atoms with E-state index in [4.69, 9.17) is 14.4 Å². The van der Waals surface area contributed by atoms with Crippen molar-refractivity contribution in [2.45, 2.75) is 63.8 Å². The lowest BCUT2D eigenvalue weighted by atomic mass is 9.72. The molecule has 0 unspecified atom stereocenters. The van der Waals surface area contributed by atoms with Crippen LogP contribution in [-0.4, -0.2) is 33.9 Å². The second-order valence-electron chi connectivity index (χ2n) is 10.5. The van der Waals surface area contributed by atoms with Crippen LogP contribution in [-0.2, 0) is 21.5 Å². The number of hydrogen-bond donors (Lipinski definition) is 2. The Kier molecular flexibility index (Phi) is 7.00. The van der Waals surface area contributed by atoms with Gasteiger partial charge in [0.25, 0.3) is 0 Å². The molecule has 0 saturated heterocycles. The Labute approximate surface area is 216 Å². The summed E-state index contributed by atoms with van der Waals surface area (Å²) in [4.78, 5) is 28.7. The number of nitrogens with one attached hydrogen (secondary N) is 1. The standard InChI is InChI=1S/C29H33N3O5/c1-18(2)19-13-15-29(16-14-19,27-30-25(37-32-27)11-12-26(33)34)31-28(35)36-17-24-22-9-5-3-7-20(22)21-8-4-6-10-23(21)24/h3-10,18-19,24H,11-17H2,1-2H3,(H,31,35)(H,33,34). The summed E-state index contributed by atoms with van der Waals surface area (Å²) in [7, 11) is 0. The van der Waals surface area contributed by atoms with E-state index < -0.39 is 17.6 Å². The first-order chi connectivity index (χ1) is 17.9. The van der Waals surface area contributed by atoms with Gasteiger partial charge in [-0.3, -0.25) is 4.79 Å². The van der Waals surface area contributed by atoms with E-state index >= 15 is 0 Å². The molecule has 2 aromatic carbocycles. The van der Waals surface area contributed by atoms with Crippen LogP contribution in [0.4, 0.5) is 4.79 Å². The third-order valence-corrected chi connectivity index (χ3v) is 7.96. The van der Waals surface area contributed by atoms with Crippen LogP contribution in [0.2, 0.25) is 0 Å². The first kappa shape index (κ1) is 25.0. The lowest BCUT2D eigenvalue weighted by Gasteiger charge is -2.39. The maximum Gasteiger partial charge on any atom is 0.407 e. The topological polar surface area (TPSA) is 115 Å². The summed E-state index contributed by atoms with van der Waals surface area (Å²) in [6.07, 6.45) is 2.71. The summed E-state index contributed by atoms with van der Waals surface area (Å²) in [5.41, 5.74) is 3.86. The van der Waals surface area contributed by atoms with Crippen LogP contribution in [0.15, 0.2) is 53.1 Å². The number of ether oxygens (including phenoxy) is 1. The van der Waals surface area contributed by atoms with E-state index in [9.17, 15) is 9.59 Å². The average molecular weight is 504 g/mol. The zero-order chi connectivity index (χ0) is 26.0. The van der Waals surface area contributed by atoms with Crippen LogP contribution in [0.1, 0.15) is 74.7 Å². The highest BCUT2D eigenvalue weighted by atomic mass is 16.5. The number of hydrogen-bond acceptors (Lipinski definition) is 6. The Morgan fingerprint density at radius 1 is 1.08 bits per heavy atom. The molecule has 8 nitrogen and oxygen atoms in total. The van der Waals surface area contributed by atoms with E-state index in [0.29, 0.717) is 30.5 Å². The maximum atomic E-state index is 13.2. The van der Waals surface area contributed by atoms with Gasteiger partial charge in [0.2, 0.25) is 5.89 Å². The van der Waals surface area contributed by atoms with Crippen LogP contribution < -0.4 is 5.32 Å². The molecule has 8 heteroatoms. The van der Waals surface area contributed by atoms with Crippen LogP contribution in [0.3, 0.4) is 0 Å². The lowest BCUT2D eigenvalue weighted by molar-refractivity contribution is -0.137. The Hall–Kier alpha value is -3.68. The summed E-state index contributed by atoms with van der Waals surface area (Å²) in [5.74, 6) is 0.794. The molecule has 0 aliphatic heterocycles. The number of carbonyl (C=O) groups is 2. The highest BCUT2D eigenvalue weighted by Gasteiger charge is 2.43. The molecule has 1 aromatic heterocycles. The van der Waals surface area contributed by atoms with Crippen molar-refractivity contribution in [2.24, 2.45) is 11.8 Å². The molecular weight excluding hydrogens is 470 g/mol. The van der Waals surface area contributed by atoms with Gasteiger partial charge in [0.05, 0.1) is 6.42 Å². The zero-order valence-corrected chi connectivity index (χ0v) is 21.3. The fraction of sp³-hybridized carbons (Fsp3) is 0.448. The quantitative estimate of drug-likeness (QED) is 0.407. The van der Waals surface area contributed by atoms with Crippen molar-refractivity contribution in [3.63, 3.8) is 0 Å². The van der Waals surface area contributed by atoms with Gasteiger partial charge < -0.3 is 19.7 Å². The van der Waals surface area contributed by atoms with E-state index in [0.717, 1.165) is 24.0 Å². The fourth-order valence-electron chi connectivity index (χ4n) is 5.80. The normalized spacial score (nSPS) is 20.9. The van der Waals surface area contributed by atoms with Gasteiger partial charge in [-0.2, -0.15) is 4.98 Å². The zero-order valence-electron chi connectivity index (χ0n) is 21.3. The number of aryl methyl sites for hydroxylation is 1. The van der Waals surface area contributed by atoms with Crippen molar-refractivity contribution < 1.29 is 24.0 Å². The molecular formula is C29H33N3O5. The van der Waals surface area contributed by atoms with E-state index in [1.165, 1.54) is 11.1 Å². The van der Waals surface area contributed by atoms with Crippen LogP contribution in [0, 0.1) is 11.8 Å². The third kappa shape index (κ3) is 5.10. The lowest BCUT2D eigenvalue weighted by Crippen LogP contribution is -2.49. The summed E-state index contributed by atoms with van der Waals surface area (Å²) in [6, 6.07) is 16.5. The van der Waals surface area contributed by atoms with Crippen LogP contribution in [0.25, 0.3) is 11.1 Å². The minimum absolute atomic E-state index is 0.0291. The molecule has 0 spiro atoms. The van der Waals surface area contributed by atoms with E-state index in [-0.39, 0.29) is 31.3 Å². The number of aliphatic carboxylic acids is 1. The number of amides is 1. The molecule has 0 radical (unpaired) electrons. The molecule has 0 bridgehead atoms. The Bertz CT molecular complexity index is 1230. The van der Waals surface area contributed by atoms with Crippen LogP contribution in [0.5, 0.6) is 0 Å². The van der Waals surface area contributed by atoms with Crippen molar-refractivity contribution in [2.75, 3.05) is 6.61 Å². The molecule has 2 aliphatic rings. The first-order valence-electron chi connectivity index (χ1n) is 13.0. The SMILES string of the molecule is CC(C)C1CCC(NC(=O)OCC2c3ccccc3-c3ccccc32)(c2noc(CCC(=O)O)n2)CC1. The van der Waals surface area contributed by atoms with E-state index in [1.54, 1.807) is 0 Å². The molecule has 1 saturated carbocycles. The van der Waals surface area contributed by atoms with E-state index in [2.05, 4.69) is 53.6 Å². The van der Waals surface area contributed by atoms with Crippen molar-refractivity contribution in [3.05, 3.63) is 71.4 Å². The number of nitrogens with zero attached hydrogens (tertiary/aromatic N) is 2. The molecule has 1 fully saturated rings. The van der Waals surface area contributed by atoms with Gasteiger partial charge >= 0.3 is 12.1 Å². The smallest absolute Gasteiger partial charge is 0.407 e. The van der Waals surface area contributed by atoms with Gasteiger partial charge in [-0.05, 0) is 59.8 Å². The number of carbonyl (C=O) groups excluding carboxylic acids is 1. The molecule has 5 rings (SSSR count). The van der Waals surface area contributed by atoms with Gasteiger partial charge in [0.1, 0.15) is 12.1 Å². The number of carboxylic acids is 1. The van der Waals surface area contributed by atoms with Gasteiger partial charge in [0, 0.05) is 12.3 Å². The molecule has 2 N–H and O–H groups in total. The number of benzene rings is 2. The molecule has 0 atom stereocenters. The second-order valence-corrected chi connectivity index (χ2v) is 10.5. The largest absolute Gasteiger partial charge is 0.481 e. The number of fused-ring (bicyclic) bond motifs is 3. The molecule has 37 heavy (non-hydrogen) atoms. The second kappa shape index (κ2) is 10.4. The van der Waals surface area contributed by atoms with Crippen molar-refractivity contribution >= 4 is 12.1 Å². The van der Waals surface area contributed by atoms with Crippen LogP contribution >= 0.6 is 0 Å². The highest BCUT2D eigenvalue weighted by Crippen LogP contribution is 2.45. The van der Waals surface area contributed by atoms with E-state index in [1.807, 2.05) is 24.3 Å². The number of aromatic nitrogens is 2. The Morgan fingerprint density at radius 3 is 2.30 bits per heavy atom. The summed E-state index contributed by atoms with van der Waals surface area (Å²) in [5, 5.41) is 16.2. The first-order valence-corrected chi connectivity index (χ1v) is 13.0. The minimum Gasteiger partial charge on any atom is -0.481 e. The highest BCUT2D eigenvalue weighted by molar-refractivity contribution is 5.79. The molecule has 194 valence electrons. The van der Waals surface area contributed by atoms with Crippen molar-refractivity contribution in [1.29, 1.82) is 0 Å². The summed E-state index contributed by atoms with van der Waals surface area (Å²) in [6.45, 7) is 4.66. The Morgan fingerprint density at radius 2 is 1.70 bits per heavy atom. The average Bonchev–Trinajstić information content (AvgIpc) is 3.50. The summed E-state index contributed by atoms with van der Waals surface area (Å²) < 4.78 is 11.2. The number of alkyl carbamates (subject to hydrolysis) is 1. The van der Waals surface area contributed by atoms with Gasteiger partial charge in [-0.15, -0.1) is 0 Å². The molecule has 1 amide bonds. The monoisotopic (exact) mass is 503 g/mol. The predicted molar refractivity (Wildman–Crippen MR) is 137 cm³/mol. The third-order valence-electron chi connectivity index (χ3n) is 7.96. The van der Waals surface area contributed by atoms with Gasteiger partial charge in [-0.1, -0.05) is 67.5 Å². The van der Waals surface area contributed by atoms with Gasteiger partial charge in [0.15, 0.2) is 5.82 Å². The van der Waals surface area contributed by atoms with Crippen molar-refractivity contribution in [3.8, 4) is 11.1 Å². The predicted octanol–water partition coefficient (Wildman–Crippen LogP) is 5.67. The van der Waals surface area contributed by atoms with Crippen molar-refractivity contribution in [1.82, 2.24) is 15.5 Å². The molecule has 3 aromatic rings. The fourth-order valence-corrected chi connectivity index (χ4v) is 5.80. The molecule has 2 aliphatic carbocycles. The Balaban J connectivity index is 1.32. The molecule has 1 heterocycles. The maximum absolute atomic E-state index is 13.2. The number of rotatable bonds is 8. The number of carboxylic acid groups (broad SMARTS) is 1.